The second kappa shape index (κ2) is 7.31. The predicted molar refractivity (Wildman–Crippen MR) is 91.0 cm³/mol. The van der Waals surface area contributed by atoms with Gasteiger partial charge in [-0.15, -0.1) is 0 Å². The summed E-state index contributed by atoms with van der Waals surface area (Å²) in [6, 6.07) is 0. The summed E-state index contributed by atoms with van der Waals surface area (Å²) in [4.78, 5) is 30.3. The Bertz CT molecular complexity index is 1560. The zero-order valence-electron chi connectivity index (χ0n) is 33.0. The van der Waals surface area contributed by atoms with Crippen LogP contribution in [0.25, 0.3) is 11.2 Å². The molecule has 0 radical (unpaired) electrons. The van der Waals surface area contributed by atoms with Crippen molar-refractivity contribution in [2.75, 3.05) is 6.56 Å². The molecule has 0 atom stereocenters. The zero-order chi connectivity index (χ0) is 36.2. The summed E-state index contributed by atoms with van der Waals surface area (Å²) in [5.41, 5.74) is -10.6. The number of fused-ring (bicyclic) bond motifs is 1. The maximum atomic E-state index is 13.6. The Morgan fingerprint density at radius 3 is 2.92 bits per heavy atom. The normalized spacial score (nSPS) is 30.3. The number of hydrogen-bond donors (Lipinski definition) is 1. The minimum absolute atomic E-state index is 0.00570. The molecule has 8 heteroatoms. The van der Waals surface area contributed by atoms with Gasteiger partial charge in [-0.1, -0.05) is 0 Å². The van der Waals surface area contributed by atoms with Gasteiger partial charge in [-0.05, 0) is 39.7 Å². The molecule has 0 saturated heterocycles. The van der Waals surface area contributed by atoms with Crippen LogP contribution in [0.1, 0.15) is 68.5 Å². The predicted octanol–water partition coefficient (Wildman–Crippen LogP) is 0.832. The molecule has 0 saturated carbocycles. The number of aromatic nitrogens is 4. The first kappa shape index (κ1) is 5.04. The number of ether oxygens (including phenoxy) is 1. The van der Waals surface area contributed by atoms with E-state index in [1.165, 1.54) is 0 Å². The summed E-state index contributed by atoms with van der Waals surface area (Å²) < 4.78 is 167. The number of aliphatic hydroxyl groups is 1. The molecule has 0 amide bonds. The smallest absolute Gasteiger partial charge is 0.332 e. The standard InChI is InChI=1S/C16H26N4O4/c1-5-24-11-19-10-17-13-12(19)14(21)20(15(22)18(13)4)9-7-6-8-16(2,3)23/h10,23H,5-9,11H2,1-4H3/i1D3,2D3,3D3,5D2,6D2,7D2,8D2,9D2,11D2. The summed E-state index contributed by atoms with van der Waals surface area (Å²) in [7, 11) is 0.775. The first-order chi connectivity index (χ1) is 19.4. The van der Waals surface area contributed by atoms with Crippen molar-refractivity contribution in [3.05, 3.63) is 27.2 Å². The Morgan fingerprint density at radius 2 is 2.21 bits per heavy atom. The molecule has 0 fully saturated rings. The molecule has 0 aliphatic carbocycles. The van der Waals surface area contributed by atoms with Crippen molar-refractivity contribution >= 4 is 11.2 Å². The van der Waals surface area contributed by atoms with Crippen LogP contribution in [-0.4, -0.2) is 36.0 Å². The summed E-state index contributed by atoms with van der Waals surface area (Å²) in [5, 5.41) is 10.7. The van der Waals surface area contributed by atoms with Crippen molar-refractivity contribution in [1.29, 1.82) is 0 Å². The molecule has 0 aliphatic heterocycles. The summed E-state index contributed by atoms with van der Waals surface area (Å²) >= 11 is 0. The number of aryl methyl sites for hydroxylation is 1. The topological polar surface area (TPSA) is 91.3 Å². The third kappa shape index (κ3) is 3.93. The first-order valence-corrected chi connectivity index (χ1v) is 6.04. The van der Waals surface area contributed by atoms with Crippen molar-refractivity contribution in [2.24, 2.45) is 7.05 Å². The van der Waals surface area contributed by atoms with E-state index in [2.05, 4.69) is 9.72 Å². The molecule has 2 aromatic rings. The second-order valence-electron chi connectivity index (χ2n) is 4.26. The number of imidazole rings is 1. The van der Waals surface area contributed by atoms with Crippen molar-refractivity contribution in [3.8, 4) is 0 Å². The van der Waals surface area contributed by atoms with Gasteiger partial charge in [0.2, 0.25) is 0 Å². The van der Waals surface area contributed by atoms with Gasteiger partial charge >= 0.3 is 5.69 Å². The van der Waals surface area contributed by atoms with Crippen LogP contribution in [-0.2, 0) is 25.0 Å². The summed E-state index contributed by atoms with van der Waals surface area (Å²) in [6.07, 6.45) is -13.7. The van der Waals surface area contributed by atoms with E-state index in [1.54, 1.807) is 0 Å². The van der Waals surface area contributed by atoms with Crippen molar-refractivity contribution in [3.63, 3.8) is 0 Å². The van der Waals surface area contributed by atoms with Gasteiger partial charge in [-0.3, -0.25) is 13.9 Å². The molecule has 134 valence electrons. The van der Waals surface area contributed by atoms with Crippen LogP contribution in [0.3, 0.4) is 0 Å². The molecular formula is C16H26N4O4. The average Bonchev–Trinajstić information content (AvgIpc) is 3.25. The van der Waals surface area contributed by atoms with Crippen molar-refractivity contribution in [2.45, 2.75) is 58.5 Å². The highest BCUT2D eigenvalue weighted by atomic mass is 16.5. The lowest BCUT2D eigenvalue weighted by Gasteiger charge is -2.16. The Hall–Kier alpha value is -1.93. The highest BCUT2D eigenvalue weighted by Crippen LogP contribution is 2.12. The van der Waals surface area contributed by atoms with Gasteiger partial charge in [-0.2, -0.15) is 0 Å². The molecule has 0 spiro atoms. The van der Waals surface area contributed by atoms with E-state index in [0.717, 1.165) is 7.05 Å². The Balaban J connectivity index is 3.00. The minimum atomic E-state index is -4.75. The van der Waals surface area contributed by atoms with Gasteiger partial charge in [0.15, 0.2) is 11.2 Å². The zero-order valence-corrected chi connectivity index (χ0v) is 12.0. The van der Waals surface area contributed by atoms with Gasteiger partial charge in [0.05, 0.1) is 20.2 Å². The maximum absolute atomic E-state index is 13.6. The van der Waals surface area contributed by atoms with Gasteiger partial charge in [-0.25, -0.2) is 9.78 Å². The maximum Gasteiger partial charge on any atom is 0.332 e. The van der Waals surface area contributed by atoms with Crippen LogP contribution >= 0.6 is 0 Å². The van der Waals surface area contributed by atoms with E-state index >= 15 is 0 Å². The van der Waals surface area contributed by atoms with E-state index in [4.69, 9.17) is 28.8 Å². The molecular weight excluding hydrogens is 312 g/mol. The molecule has 1 N–H and O–H groups in total. The fourth-order valence-corrected chi connectivity index (χ4v) is 1.66. The van der Waals surface area contributed by atoms with E-state index in [0.29, 0.717) is 10.9 Å². The average molecular weight is 360 g/mol. The molecule has 2 heterocycles. The fourth-order valence-electron chi connectivity index (χ4n) is 1.66. The van der Waals surface area contributed by atoms with E-state index in [1.807, 2.05) is 0 Å². The van der Waals surface area contributed by atoms with Gasteiger partial charge in [0, 0.05) is 40.7 Å². The molecule has 0 unspecified atom stereocenters. The molecule has 2 rings (SSSR count). The number of nitrogens with zero attached hydrogens (tertiary/aromatic N) is 4. The highest BCUT2D eigenvalue weighted by molar-refractivity contribution is 5.69. The van der Waals surface area contributed by atoms with E-state index in [-0.39, 0.29) is 4.57 Å². The monoisotopic (exact) mass is 359 g/mol. The molecule has 0 bridgehead atoms. The van der Waals surface area contributed by atoms with Gasteiger partial charge in [0.1, 0.15) is 6.68 Å². The molecule has 0 aliphatic rings. The van der Waals surface area contributed by atoms with Gasteiger partial charge in [0.25, 0.3) is 5.56 Å². The van der Waals surface area contributed by atoms with Crippen LogP contribution in [0.2, 0.25) is 0 Å². The van der Waals surface area contributed by atoms with Gasteiger partial charge < -0.3 is 14.4 Å². The number of hydrogen-bond acceptors (Lipinski definition) is 5. The molecule has 0 aromatic carbocycles. The Morgan fingerprint density at radius 1 is 1.42 bits per heavy atom. The first-order valence-electron chi connectivity index (χ1n) is 16.5. The van der Waals surface area contributed by atoms with Crippen LogP contribution in [0.15, 0.2) is 15.9 Å². The van der Waals surface area contributed by atoms with Crippen LogP contribution in [0.5, 0.6) is 0 Å². The fraction of sp³-hybridized carbons (Fsp3) is 0.688. The molecule has 24 heavy (non-hydrogen) atoms. The summed E-state index contributed by atoms with van der Waals surface area (Å²) in [6.45, 7) is -24.0. The third-order valence-electron chi connectivity index (χ3n) is 2.62. The highest BCUT2D eigenvalue weighted by Gasteiger charge is 2.16. The lowest BCUT2D eigenvalue weighted by atomic mass is 10.0. The quantitative estimate of drug-likeness (QED) is 0.754. The molecule has 2 aromatic heterocycles. The minimum Gasteiger partial charge on any atom is -0.390 e. The second-order valence-corrected chi connectivity index (χ2v) is 4.26. The van der Waals surface area contributed by atoms with Crippen LogP contribution in [0, 0.1) is 0 Å². The van der Waals surface area contributed by atoms with Crippen LogP contribution in [0.4, 0.5) is 0 Å². The lowest BCUT2D eigenvalue weighted by molar-refractivity contribution is 0.0678. The van der Waals surface area contributed by atoms with Crippen molar-refractivity contribution < 1.29 is 38.6 Å². The SMILES string of the molecule is [2H]C([2H])(OC([2H])([2H])C([2H])([2H])[2H])n1cnc2c1c(=O)n(C([2H])([2H])C([2H])([2H])C([2H])([2H])C([2H])([2H])C(O)(C([2H])([2H])[2H])C([2H])([2H])[2H])c(=O)n2C. The number of rotatable bonds is 8. The van der Waals surface area contributed by atoms with Crippen LogP contribution < -0.4 is 11.2 Å². The Kier molecular flexibility index (Phi) is 1.54. The van der Waals surface area contributed by atoms with E-state index < -0.39 is 92.0 Å². The van der Waals surface area contributed by atoms with E-state index in [9.17, 15) is 14.7 Å². The van der Waals surface area contributed by atoms with Crippen molar-refractivity contribution in [1.82, 2.24) is 18.7 Å². The largest absolute Gasteiger partial charge is 0.390 e. The lowest BCUT2D eigenvalue weighted by Crippen LogP contribution is -2.39. The molecule has 8 nitrogen and oxygen atoms in total. The Labute approximate surface area is 169 Å². The third-order valence-corrected chi connectivity index (χ3v) is 2.62. The summed E-state index contributed by atoms with van der Waals surface area (Å²) in [5.74, 6) is 0.